The molecule has 1 aliphatic heterocycles. The van der Waals surface area contributed by atoms with Gasteiger partial charge in [-0.05, 0) is 24.9 Å². The van der Waals surface area contributed by atoms with E-state index in [0.29, 0.717) is 5.15 Å². The zero-order valence-corrected chi connectivity index (χ0v) is 12.9. The Morgan fingerprint density at radius 2 is 2.16 bits per heavy atom. The highest BCUT2D eigenvalue weighted by molar-refractivity contribution is 7.19. The first-order chi connectivity index (χ1) is 9.22. The van der Waals surface area contributed by atoms with E-state index in [1.165, 1.54) is 10.4 Å². The smallest absolute Gasteiger partial charge is 0.141 e. The molecule has 0 bridgehead atoms. The van der Waals surface area contributed by atoms with E-state index in [9.17, 15) is 0 Å². The van der Waals surface area contributed by atoms with Gasteiger partial charge in [0.05, 0.1) is 5.39 Å². The van der Waals surface area contributed by atoms with Crippen molar-refractivity contribution in [3.63, 3.8) is 0 Å². The van der Waals surface area contributed by atoms with Crippen LogP contribution in [-0.2, 0) is 19.4 Å². The third kappa shape index (κ3) is 2.37. The summed E-state index contributed by atoms with van der Waals surface area (Å²) >= 11 is 8.18. The van der Waals surface area contributed by atoms with Gasteiger partial charge in [0, 0.05) is 24.4 Å². The molecule has 0 fully saturated rings. The van der Waals surface area contributed by atoms with E-state index in [4.69, 9.17) is 11.6 Å². The van der Waals surface area contributed by atoms with E-state index < -0.39 is 0 Å². The van der Waals surface area contributed by atoms with Crippen LogP contribution in [0.4, 0.5) is 0 Å². The molecule has 2 aromatic heterocycles. The van der Waals surface area contributed by atoms with Gasteiger partial charge < -0.3 is 0 Å². The SMILES string of the molecule is CCCc1nc(Cl)c2c3c(sc2n1)CN(CC)CC3. The van der Waals surface area contributed by atoms with Gasteiger partial charge in [-0.3, -0.25) is 4.90 Å². The lowest BCUT2D eigenvalue weighted by atomic mass is 10.1. The lowest BCUT2D eigenvalue weighted by Crippen LogP contribution is -2.29. The molecule has 0 atom stereocenters. The van der Waals surface area contributed by atoms with E-state index in [1.54, 1.807) is 11.3 Å². The summed E-state index contributed by atoms with van der Waals surface area (Å²) in [6.07, 6.45) is 3.02. The monoisotopic (exact) mass is 295 g/mol. The average Bonchev–Trinajstić information content (AvgIpc) is 2.76. The third-order valence-electron chi connectivity index (χ3n) is 3.70. The molecule has 0 saturated carbocycles. The van der Waals surface area contributed by atoms with E-state index in [0.717, 1.165) is 54.9 Å². The van der Waals surface area contributed by atoms with Crippen molar-refractivity contribution in [2.75, 3.05) is 13.1 Å². The van der Waals surface area contributed by atoms with Gasteiger partial charge in [-0.2, -0.15) is 0 Å². The Kier molecular flexibility index (Phi) is 3.74. The summed E-state index contributed by atoms with van der Waals surface area (Å²) in [6, 6.07) is 0. The van der Waals surface area contributed by atoms with Crippen LogP contribution in [0.25, 0.3) is 10.2 Å². The number of thiophene rings is 1. The number of aryl methyl sites for hydroxylation is 1. The zero-order chi connectivity index (χ0) is 13.4. The second-order valence-electron chi connectivity index (χ2n) is 4.98. The van der Waals surface area contributed by atoms with Gasteiger partial charge in [-0.15, -0.1) is 11.3 Å². The maximum absolute atomic E-state index is 6.39. The van der Waals surface area contributed by atoms with Crippen molar-refractivity contribution >= 4 is 33.2 Å². The van der Waals surface area contributed by atoms with Gasteiger partial charge in [0.2, 0.25) is 0 Å². The molecule has 102 valence electrons. The maximum Gasteiger partial charge on any atom is 0.141 e. The predicted octanol–water partition coefficient (Wildman–Crippen LogP) is 3.68. The second-order valence-corrected chi connectivity index (χ2v) is 6.42. The molecule has 3 nitrogen and oxygen atoms in total. The molecular weight excluding hydrogens is 278 g/mol. The molecule has 0 amide bonds. The van der Waals surface area contributed by atoms with Gasteiger partial charge in [0.25, 0.3) is 0 Å². The molecule has 19 heavy (non-hydrogen) atoms. The molecule has 0 N–H and O–H groups in total. The minimum atomic E-state index is 0.649. The van der Waals surface area contributed by atoms with E-state index >= 15 is 0 Å². The minimum Gasteiger partial charge on any atom is -0.298 e. The van der Waals surface area contributed by atoms with E-state index in [2.05, 4.69) is 28.7 Å². The first-order valence-electron chi connectivity index (χ1n) is 6.92. The molecule has 0 spiro atoms. The van der Waals surface area contributed by atoms with Gasteiger partial charge in [0.15, 0.2) is 0 Å². The summed E-state index contributed by atoms with van der Waals surface area (Å²) < 4.78 is 0. The van der Waals surface area contributed by atoms with Crippen molar-refractivity contribution < 1.29 is 0 Å². The Hall–Kier alpha value is -0.710. The second kappa shape index (κ2) is 5.35. The minimum absolute atomic E-state index is 0.649. The highest BCUT2D eigenvalue weighted by Crippen LogP contribution is 2.37. The van der Waals surface area contributed by atoms with Crippen molar-refractivity contribution in [1.82, 2.24) is 14.9 Å². The molecule has 2 aromatic rings. The summed E-state index contributed by atoms with van der Waals surface area (Å²) in [5.74, 6) is 0.881. The Morgan fingerprint density at radius 3 is 2.89 bits per heavy atom. The van der Waals surface area contributed by atoms with Crippen molar-refractivity contribution in [1.29, 1.82) is 0 Å². The van der Waals surface area contributed by atoms with Crippen molar-refractivity contribution in [2.24, 2.45) is 0 Å². The molecule has 0 aromatic carbocycles. The van der Waals surface area contributed by atoms with Crippen LogP contribution < -0.4 is 0 Å². The number of hydrogen-bond donors (Lipinski definition) is 0. The summed E-state index contributed by atoms with van der Waals surface area (Å²) in [5.41, 5.74) is 1.39. The van der Waals surface area contributed by atoms with Crippen molar-refractivity contribution in [3.05, 3.63) is 21.4 Å². The van der Waals surface area contributed by atoms with Crippen LogP contribution in [0.3, 0.4) is 0 Å². The molecule has 5 heteroatoms. The number of hydrogen-bond acceptors (Lipinski definition) is 4. The Labute approximate surface area is 122 Å². The van der Waals surface area contributed by atoms with Crippen molar-refractivity contribution in [3.8, 4) is 0 Å². The highest BCUT2D eigenvalue weighted by Gasteiger charge is 2.23. The normalized spacial score (nSPS) is 15.9. The zero-order valence-electron chi connectivity index (χ0n) is 11.4. The standard InChI is InChI=1S/C14H18ClN3S/c1-3-5-11-16-13(15)12-9-6-7-18(4-2)8-10(9)19-14(12)17-11/h3-8H2,1-2H3. The summed E-state index contributed by atoms with van der Waals surface area (Å²) in [4.78, 5) is 14.1. The first-order valence-corrected chi connectivity index (χ1v) is 8.11. The largest absolute Gasteiger partial charge is 0.298 e. The fourth-order valence-corrected chi connectivity index (χ4v) is 4.29. The summed E-state index contributed by atoms with van der Waals surface area (Å²) in [6.45, 7) is 7.60. The van der Waals surface area contributed by atoms with Crippen LogP contribution in [0.15, 0.2) is 0 Å². The lowest BCUT2D eigenvalue weighted by molar-refractivity contribution is 0.272. The van der Waals surface area contributed by atoms with Crippen LogP contribution >= 0.6 is 22.9 Å². The quantitative estimate of drug-likeness (QED) is 0.809. The van der Waals surface area contributed by atoms with E-state index in [1.807, 2.05) is 0 Å². The van der Waals surface area contributed by atoms with Crippen LogP contribution in [0, 0.1) is 0 Å². The third-order valence-corrected chi connectivity index (χ3v) is 5.09. The summed E-state index contributed by atoms with van der Waals surface area (Å²) in [7, 11) is 0. The number of likely N-dealkylation sites (N-methyl/N-ethyl adjacent to an activating group) is 1. The number of nitrogens with zero attached hydrogens (tertiary/aromatic N) is 3. The molecule has 3 rings (SSSR count). The topological polar surface area (TPSA) is 29.0 Å². The number of aromatic nitrogens is 2. The molecule has 0 unspecified atom stereocenters. The Morgan fingerprint density at radius 1 is 1.32 bits per heavy atom. The first kappa shape index (κ1) is 13.3. The number of halogens is 1. The van der Waals surface area contributed by atoms with Gasteiger partial charge in [-0.25, -0.2) is 9.97 Å². The number of fused-ring (bicyclic) bond motifs is 3. The summed E-state index contributed by atoms with van der Waals surface area (Å²) in [5, 5.41) is 1.76. The molecule has 1 aliphatic rings. The number of rotatable bonds is 3. The van der Waals surface area contributed by atoms with Crippen LogP contribution in [0.2, 0.25) is 5.15 Å². The lowest BCUT2D eigenvalue weighted by Gasteiger charge is -2.25. The fraction of sp³-hybridized carbons (Fsp3) is 0.571. The van der Waals surface area contributed by atoms with Gasteiger partial charge in [0.1, 0.15) is 15.8 Å². The molecule has 0 aliphatic carbocycles. The van der Waals surface area contributed by atoms with Crippen LogP contribution in [0.1, 0.15) is 36.5 Å². The Bertz CT molecular complexity index is 608. The van der Waals surface area contributed by atoms with Gasteiger partial charge in [-0.1, -0.05) is 25.4 Å². The Balaban J connectivity index is 2.09. The van der Waals surface area contributed by atoms with Crippen LogP contribution in [0.5, 0.6) is 0 Å². The molecule has 3 heterocycles. The molecule has 0 saturated heterocycles. The predicted molar refractivity (Wildman–Crippen MR) is 81.1 cm³/mol. The molecule has 0 radical (unpaired) electrons. The molecular formula is C14H18ClN3S. The maximum atomic E-state index is 6.39. The average molecular weight is 296 g/mol. The van der Waals surface area contributed by atoms with Crippen LogP contribution in [-0.4, -0.2) is 28.0 Å². The highest BCUT2D eigenvalue weighted by atomic mass is 35.5. The van der Waals surface area contributed by atoms with Gasteiger partial charge >= 0.3 is 0 Å². The fourth-order valence-electron chi connectivity index (χ4n) is 2.65. The van der Waals surface area contributed by atoms with E-state index in [-0.39, 0.29) is 0 Å². The van der Waals surface area contributed by atoms with Crippen molar-refractivity contribution in [2.45, 2.75) is 39.7 Å².